The van der Waals surface area contributed by atoms with Crippen molar-refractivity contribution in [3.05, 3.63) is 52.1 Å². The Morgan fingerprint density at radius 1 is 1.16 bits per heavy atom. The second-order valence-electron chi connectivity index (χ2n) is 7.54. The number of nitrogens with zero attached hydrogens (tertiary/aromatic N) is 3. The van der Waals surface area contributed by atoms with Crippen molar-refractivity contribution >= 4 is 46.5 Å². The summed E-state index contributed by atoms with van der Waals surface area (Å²) in [6.45, 7) is 0.843. The Bertz CT molecular complexity index is 978. The van der Waals surface area contributed by atoms with Crippen molar-refractivity contribution in [1.29, 1.82) is 0 Å². The zero-order chi connectivity index (χ0) is 23.5. The summed E-state index contributed by atoms with van der Waals surface area (Å²) in [7, 11) is 1.56. The van der Waals surface area contributed by atoms with E-state index in [1.807, 2.05) is 4.90 Å². The molecule has 0 saturated carbocycles. The maximum absolute atomic E-state index is 12.7. The molecule has 1 saturated heterocycles. The van der Waals surface area contributed by atoms with Crippen molar-refractivity contribution in [3.8, 4) is 0 Å². The van der Waals surface area contributed by atoms with Crippen LogP contribution in [-0.4, -0.2) is 48.4 Å². The number of carbonyl (C=O) groups excluding carboxylic acids is 2. The lowest BCUT2D eigenvalue weighted by atomic mass is 9.95. The molecule has 0 radical (unpaired) electrons. The lowest BCUT2D eigenvalue weighted by molar-refractivity contribution is -0.138. The summed E-state index contributed by atoms with van der Waals surface area (Å²) in [5, 5.41) is 3.35. The van der Waals surface area contributed by atoms with Crippen LogP contribution in [0.1, 0.15) is 18.4 Å². The number of anilines is 2. The van der Waals surface area contributed by atoms with Crippen molar-refractivity contribution in [3.63, 3.8) is 0 Å². The van der Waals surface area contributed by atoms with E-state index in [0.717, 1.165) is 12.3 Å². The maximum atomic E-state index is 12.7. The second-order valence-corrected chi connectivity index (χ2v) is 8.35. The zero-order valence-corrected chi connectivity index (χ0v) is 18.6. The van der Waals surface area contributed by atoms with Gasteiger partial charge in [-0.1, -0.05) is 23.2 Å². The van der Waals surface area contributed by atoms with Gasteiger partial charge in [0, 0.05) is 37.9 Å². The molecule has 6 nitrogen and oxygen atoms in total. The van der Waals surface area contributed by atoms with Crippen LogP contribution < -0.4 is 10.2 Å². The van der Waals surface area contributed by atoms with Gasteiger partial charge in [0.05, 0.1) is 22.2 Å². The average Bonchev–Trinajstić information content (AvgIpc) is 2.75. The van der Waals surface area contributed by atoms with Crippen molar-refractivity contribution < 1.29 is 22.8 Å². The summed E-state index contributed by atoms with van der Waals surface area (Å²) in [6, 6.07) is 7.03. The Morgan fingerprint density at radius 3 is 2.41 bits per heavy atom. The highest BCUT2D eigenvalue weighted by Crippen LogP contribution is 2.30. The largest absolute Gasteiger partial charge is 0.417 e. The molecule has 1 fully saturated rings. The monoisotopic (exact) mass is 488 g/mol. The van der Waals surface area contributed by atoms with Gasteiger partial charge in [-0.3, -0.25) is 9.59 Å². The number of amides is 2. The van der Waals surface area contributed by atoms with Crippen LogP contribution in [0.4, 0.5) is 24.7 Å². The van der Waals surface area contributed by atoms with E-state index in [1.54, 1.807) is 19.2 Å². The van der Waals surface area contributed by atoms with Crippen LogP contribution in [0.25, 0.3) is 0 Å². The number of nitrogens with one attached hydrogen (secondary N) is 1. The van der Waals surface area contributed by atoms with Crippen LogP contribution in [0.15, 0.2) is 36.5 Å². The number of hydrogen-bond donors (Lipinski definition) is 1. The van der Waals surface area contributed by atoms with E-state index in [2.05, 4.69) is 10.3 Å². The van der Waals surface area contributed by atoms with Crippen LogP contribution >= 0.6 is 23.2 Å². The van der Waals surface area contributed by atoms with Crippen LogP contribution in [-0.2, 0) is 15.8 Å². The van der Waals surface area contributed by atoms with E-state index in [1.165, 1.54) is 17.0 Å². The molecule has 3 rings (SSSR count). The van der Waals surface area contributed by atoms with Crippen LogP contribution in [0.5, 0.6) is 0 Å². The van der Waals surface area contributed by atoms with Gasteiger partial charge in [-0.15, -0.1) is 0 Å². The maximum Gasteiger partial charge on any atom is 0.417 e. The first kappa shape index (κ1) is 24.1. The molecule has 172 valence electrons. The van der Waals surface area contributed by atoms with Crippen LogP contribution in [0, 0.1) is 5.92 Å². The predicted molar refractivity (Wildman–Crippen MR) is 117 cm³/mol. The Hall–Kier alpha value is -2.52. The molecule has 2 aromatic rings. The fourth-order valence-electron chi connectivity index (χ4n) is 3.48. The topological polar surface area (TPSA) is 65.5 Å². The molecule has 0 unspecified atom stereocenters. The van der Waals surface area contributed by atoms with Crippen molar-refractivity contribution in [2.24, 2.45) is 5.92 Å². The van der Waals surface area contributed by atoms with E-state index in [9.17, 15) is 22.8 Å². The zero-order valence-electron chi connectivity index (χ0n) is 17.1. The first-order valence-corrected chi connectivity index (χ1v) is 10.6. The van der Waals surface area contributed by atoms with Gasteiger partial charge in [-0.05, 0) is 43.2 Å². The summed E-state index contributed by atoms with van der Waals surface area (Å²) in [5.74, 6) is -0.360. The lowest BCUT2D eigenvalue weighted by Gasteiger charge is -2.33. The van der Waals surface area contributed by atoms with Gasteiger partial charge in [0.15, 0.2) is 0 Å². The molecule has 0 spiro atoms. The molecule has 2 heterocycles. The number of alkyl halides is 3. The van der Waals surface area contributed by atoms with Crippen LogP contribution in [0.2, 0.25) is 10.0 Å². The number of pyridine rings is 1. The molecule has 0 bridgehead atoms. The number of piperidine rings is 1. The minimum absolute atomic E-state index is 0.125. The first-order chi connectivity index (χ1) is 15.0. The molecule has 11 heteroatoms. The van der Waals surface area contributed by atoms with Gasteiger partial charge in [-0.2, -0.15) is 13.2 Å². The number of hydrogen-bond acceptors (Lipinski definition) is 4. The molecule has 1 aliphatic heterocycles. The summed E-state index contributed by atoms with van der Waals surface area (Å²) in [6.07, 6.45) is -2.59. The van der Waals surface area contributed by atoms with Crippen molar-refractivity contribution in [2.75, 3.05) is 36.9 Å². The van der Waals surface area contributed by atoms with Gasteiger partial charge in [0.25, 0.3) is 0 Å². The fourth-order valence-corrected chi connectivity index (χ4v) is 3.77. The highest BCUT2D eigenvalue weighted by molar-refractivity contribution is 6.42. The number of halogens is 5. The van der Waals surface area contributed by atoms with Crippen molar-refractivity contribution in [2.45, 2.75) is 19.0 Å². The van der Waals surface area contributed by atoms with Crippen LogP contribution in [0.3, 0.4) is 0 Å². The number of aromatic nitrogens is 1. The average molecular weight is 489 g/mol. The molecular weight excluding hydrogens is 468 g/mol. The minimum atomic E-state index is -4.43. The molecule has 1 aliphatic rings. The van der Waals surface area contributed by atoms with Gasteiger partial charge in [0.2, 0.25) is 11.8 Å². The number of likely N-dealkylation sites (N-methyl/N-ethyl adjacent to an activating group) is 1. The van der Waals surface area contributed by atoms with Gasteiger partial charge in [-0.25, -0.2) is 4.98 Å². The van der Waals surface area contributed by atoms with Crippen molar-refractivity contribution in [1.82, 2.24) is 9.88 Å². The Balaban J connectivity index is 1.49. The summed E-state index contributed by atoms with van der Waals surface area (Å²) < 4.78 is 38.1. The summed E-state index contributed by atoms with van der Waals surface area (Å²) in [5.41, 5.74) is -0.324. The normalized spacial score (nSPS) is 14.9. The fraction of sp³-hybridized carbons (Fsp3) is 0.381. The standard InChI is InChI=1S/C21H21Cl2F3N4O2/c1-29(12-19(31)28-15-3-4-16(22)17(23)10-15)20(32)13-6-8-30(9-7-13)18-5-2-14(11-27-18)21(24,25)26/h2-5,10-11,13H,6-9,12H2,1H3,(H,28,31). The summed E-state index contributed by atoms with van der Waals surface area (Å²) >= 11 is 11.8. The summed E-state index contributed by atoms with van der Waals surface area (Å²) in [4.78, 5) is 32.1. The SMILES string of the molecule is CN(CC(=O)Nc1ccc(Cl)c(Cl)c1)C(=O)C1CCN(c2ccc(C(F)(F)F)cn2)CC1. The third-order valence-electron chi connectivity index (χ3n) is 5.20. The molecule has 2 amide bonds. The molecule has 1 aromatic carbocycles. The molecule has 1 N–H and O–H groups in total. The molecule has 0 aliphatic carbocycles. The van der Waals surface area contributed by atoms with E-state index in [0.29, 0.717) is 47.5 Å². The van der Waals surface area contributed by atoms with E-state index in [4.69, 9.17) is 23.2 Å². The Kier molecular flexibility index (Phi) is 7.51. The third kappa shape index (κ3) is 6.04. The molecule has 1 aromatic heterocycles. The van der Waals surface area contributed by atoms with E-state index >= 15 is 0 Å². The quantitative estimate of drug-likeness (QED) is 0.661. The Labute approximate surface area is 193 Å². The number of carbonyl (C=O) groups is 2. The Morgan fingerprint density at radius 2 is 1.84 bits per heavy atom. The van der Waals surface area contributed by atoms with Gasteiger partial charge < -0.3 is 15.1 Å². The number of benzene rings is 1. The molecule has 0 atom stereocenters. The predicted octanol–water partition coefficient (Wildman–Crippen LogP) is 4.72. The second kappa shape index (κ2) is 9.95. The number of rotatable bonds is 5. The van der Waals surface area contributed by atoms with E-state index < -0.39 is 11.7 Å². The van der Waals surface area contributed by atoms with Gasteiger partial charge in [0.1, 0.15) is 5.82 Å². The molecular formula is C21H21Cl2F3N4O2. The van der Waals surface area contributed by atoms with Gasteiger partial charge >= 0.3 is 6.18 Å². The minimum Gasteiger partial charge on any atom is -0.357 e. The highest BCUT2D eigenvalue weighted by atomic mass is 35.5. The first-order valence-electron chi connectivity index (χ1n) is 9.82. The molecule has 32 heavy (non-hydrogen) atoms. The third-order valence-corrected chi connectivity index (χ3v) is 5.94. The smallest absolute Gasteiger partial charge is 0.357 e. The lowest BCUT2D eigenvalue weighted by Crippen LogP contribution is -2.43. The highest BCUT2D eigenvalue weighted by Gasteiger charge is 2.32. The van der Waals surface area contributed by atoms with E-state index in [-0.39, 0.29) is 24.3 Å².